The van der Waals surface area contributed by atoms with E-state index in [1.807, 2.05) is 18.2 Å². The van der Waals surface area contributed by atoms with Crippen LogP contribution in [0.1, 0.15) is 83.6 Å². The highest BCUT2D eigenvalue weighted by molar-refractivity contribution is 5.99. The molecule has 2 N–H and O–H groups in total. The van der Waals surface area contributed by atoms with Gasteiger partial charge in [0.2, 0.25) is 5.91 Å². The number of nitrogens with zero attached hydrogens (tertiary/aromatic N) is 5. The van der Waals surface area contributed by atoms with Gasteiger partial charge in [-0.2, -0.15) is 13.9 Å². The summed E-state index contributed by atoms with van der Waals surface area (Å²) in [7, 11) is 0. The van der Waals surface area contributed by atoms with E-state index in [0.717, 1.165) is 35.7 Å². The summed E-state index contributed by atoms with van der Waals surface area (Å²) in [5, 5.41) is 4.96. The number of nitrogen functional groups attached to an aromatic ring is 1. The minimum atomic E-state index is -3.22. The Morgan fingerprint density at radius 3 is 2.55 bits per heavy atom. The molecule has 10 nitrogen and oxygen atoms in total. The molecule has 0 spiro atoms. The minimum absolute atomic E-state index is 0.00460. The van der Waals surface area contributed by atoms with Crippen LogP contribution in [0, 0.1) is 0 Å². The van der Waals surface area contributed by atoms with Crippen molar-refractivity contribution >= 4 is 23.6 Å². The molecule has 1 saturated carbocycles. The second-order valence-electron chi connectivity index (χ2n) is 11.7. The Hall–Kier alpha value is -4.61. The van der Waals surface area contributed by atoms with Gasteiger partial charge < -0.3 is 20.3 Å². The highest BCUT2D eigenvalue weighted by atomic mass is 19.3. The highest BCUT2D eigenvalue weighted by Crippen LogP contribution is 2.42. The molecule has 1 unspecified atom stereocenters. The van der Waals surface area contributed by atoms with Crippen molar-refractivity contribution in [1.29, 1.82) is 0 Å². The number of hydrogen-bond acceptors (Lipinski definition) is 7. The molecule has 2 aliphatic heterocycles. The molecule has 44 heavy (non-hydrogen) atoms. The van der Waals surface area contributed by atoms with E-state index in [0.29, 0.717) is 49.4 Å². The first kappa shape index (κ1) is 29.5. The lowest BCUT2D eigenvalue weighted by molar-refractivity contribution is -0.132. The first-order valence-electron chi connectivity index (χ1n) is 14.8. The van der Waals surface area contributed by atoms with Crippen LogP contribution in [0.2, 0.25) is 0 Å². The maximum Gasteiger partial charge on any atom is 0.308 e. The van der Waals surface area contributed by atoms with Gasteiger partial charge in [-0.1, -0.05) is 19.1 Å². The number of hydrogen-bond donors (Lipinski definition) is 1. The van der Waals surface area contributed by atoms with Crippen LogP contribution in [0.5, 0.6) is 5.75 Å². The van der Waals surface area contributed by atoms with E-state index >= 15 is 0 Å². The Kier molecular flexibility index (Phi) is 7.46. The Bertz CT molecular complexity index is 1680. The van der Waals surface area contributed by atoms with Crippen LogP contribution in [-0.2, 0) is 28.4 Å². The van der Waals surface area contributed by atoms with E-state index in [9.17, 15) is 23.2 Å². The van der Waals surface area contributed by atoms with Crippen molar-refractivity contribution in [3.8, 4) is 11.4 Å². The third-order valence-electron chi connectivity index (χ3n) is 8.80. The lowest BCUT2D eigenvalue weighted by Gasteiger charge is -2.38. The molecule has 1 fully saturated rings. The van der Waals surface area contributed by atoms with Gasteiger partial charge in [0.25, 0.3) is 11.8 Å². The number of carbonyl (C=O) groups is 3. The van der Waals surface area contributed by atoms with Crippen LogP contribution in [0.4, 0.5) is 14.6 Å². The molecule has 12 heteroatoms. The second-order valence-corrected chi connectivity index (χ2v) is 11.7. The van der Waals surface area contributed by atoms with Gasteiger partial charge in [-0.15, -0.1) is 0 Å². The smallest absolute Gasteiger partial charge is 0.308 e. The summed E-state index contributed by atoms with van der Waals surface area (Å²) in [6.07, 6.45) is 5.43. The molecule has 4 heterocycles. The molecular weight excluding hydrogens is 570 g/mol. The van der Waals surface area contributed by atoms with E-state index in [-0.39, 0.29) is 30.4 Å². The summed E-state index contributed by atoms with van der Waals surface area (Å²) in [4.78, 5) is 45.9. The largest absolute Gasteiger partial charge is 0.424 e. The number of halogens is 2. The molecule has 0 saturated heterocycles. The number of nitrogens with two attached hydrogens (primary N) is 1. The monoisotopic (exact) mass is 604 g/mol. The molecule has 1 aromatic carbocycles. The fraction of sp³-hybridized carbons (Fsp3) is 0.406. The first-order valence-corrected chi connectivity index (χ1v) is 14.8. The fourth-order valence-electron chi connectivity index (χ4n) is 6.36. The van der Waals surface area contributed by atoms with Crippen molar-refractivity contribution in [2.24, 2.45) is 0 Å². The summed E-state index contributed by atoms with van der Waals surface area (Å²) in [5.74, 6) is -3.85. The molecule has 230 valence electrons. The summed E-state index contributed by atoms with van der Waals surface area (Å²) >= 11 is 0. The number of anilines is 1. The van der Waals surface area contributed by atoms with Crippen LogP contribution in [0.3, 0.4) is 0 Å². The maximum atomic E-state index is 14.0. The summed E-state index contributed by atoms with van der Waals surface area (Å²) in [6.45, 7) is 6.48. The van der Waals surface area contributed by atoms with Crippen molar-refractivity contribution in [1.82, 2.24) is 24.6 Å². The normalized spacial score (nSPS) is 18.2. The lowest BCUT2D eigenvalue weighted by atomic mass is 9.80. The van der Waals surface area contributed by atoms with E-state index in [2.05, 4.69) is 11.6 Å². The Balaban J connectivity index is 1.43. The molecule has 1 atom stereocenters. The van der Waals surface area contributed by atoms with Crippen molar-refractivity contribution < 1.29 is 27.9 Å². The number of benzene rings is 1. The van der Waals surface area contributed by atoms with Gasteiger partial charge in [-0.05, 0) is 54.7 Å². The van der Waals surface area contributed by atoms with E-state index in [4.69, 9.17) is 15.6 Å². The van der Waals surface area contributed by atoms with E-state index in [1.54, 1.807) is 14.5 Å². The number of ether oxygens (including phenoxy) is 1. The number of rotatable bonds is 6. The lowest BCUT2D eigenvalue weighted by Crippen LogP contribution is -2.46. The predicted molar refractivity (Wildman–Crippen MR) is 158 cm³/mol. The second kappa shape index (κ2) is 11.1. The molecule has 0 radical (unpaired) electrons. The van der Waals surface area contributed by atoms with Crippen LogP contribution in [0.25, 0.3) is 5.69 Å². The average Bonchev–Trinajstić information content (AvgIpc) is 3.20. The maximum absolute atomic E-state index is 14.0. The Morgan fingerprint density at radius 1 is 1.14 bits per heavy atom. The minimum Gasteiger partial charge on any atom is -0.424 e. The molecule has 3 aliphatic rings. The van der Waals surface area contributed by atoms with E-state index in [1.165, 1.54) is 25.5 Å². The van der Waals surface area contributed by atoms with Crippen molar-refractivity contribution in [2.45, 2.75) is 63.8 Å². The standard InChI is InChI=1S/C32H34F2N6O4/c1-4-28(42)38-14-12-22-29-24(40(37-22)23-10-8-20(19-6-5-7-19)16-26(23)44-18(2)41)13-15-39(25(29)17-38)31(43)21-9-11-27(32(3,33)34)36-30(21)35/h4,8-11,16,19,25H,1,5-7,12-15,17H2,2-3H3,(H2,35,36). The number of carbonyl (C=O) groups excluding carboxylic acids is 3. The van der Waals surface area contributed by atoms with Gasteiger partial charge in [0.15, 0.2) is 5.75 Å². The predicted octanol–water partition coefficient (Wildman–Crippen LogP) is 4.46. The third kappa shape index (κ3) is 5.22. The van der Waals surface area contributed by atoms with Crippen molar-refractivity contribution in [3.63, 3.8) is 0 Å². The van der Waals surface area contributed by atoms with Gasteiger partial charge in [-0.25, -0.2) is 9.67 Å². The molecule has 3 aromatic rings. The first-order chi connectivity index (χ1) is 21.0. The fourth-order valence-corrected chi connectivity index (χ4v) is 6.36. The zero-order valence-corrected chi connectivity index (χ0v) is 24.7. The number of amides is 2. The molecule has 6 rings (SSSR count). The quantitative estimate of drug-likeness (QED) is 0.250. The molecule has 1 aliphatic carbocycles. The molecule has 2 aromatic heterocycles. The van der Waals surface area contributed by atoms with Gasteiger partial charge in [0, 0.05) is 51.9 Å². The topological polar surface area (TPSA) is 124 Å². The van der Waals surface area contributed by atoms with E-state index < -0.39 is 29.5 Å². The molecule has 0 bridgehead atoms. The summed E-state index contributed by atoms with van der Waals surface area (Å²) < 4.78 is 35.2. The molecule has 2 amide bonds. The highest BCUT2D eigenvalue weighted by Gasteiger charge is 2.41. The molecular formula is C32H34F2N6O4. The van der Waals surface area contributed by atoms with Crippen LogP contribution >= 0.6 is 0 Å². The van der Waals surface area contributed by atoms with Crippen molar-refractivity contribution in [2.75, 3.05) is 25.4 Å². The summed E-state index contributed by atoms with van der Waals surface area (Å²) in [6, 6.07) is 7.67. The number of alkyl halides is 2. The Labute approximate surface area is 253 Å². The van der Waals surface area contributed by atoms with Crippen molar-refractivity contribution in [3.05, 3.63) is 76.8 Å². The van der Waals surface area contributed by atoms with Gasteiger partial charge in [-0.3, -0.25) is 14.4 Å². The van der Waals surface area contributed by atoms with Crippen LogP contribution < -0.4 is 10.5 Å². The number of esters is 1. The average molecular weight is 605 g/mol. The number of aromatic nitrogens is 3. The van der Waals surface area contributed by atoms with Crippen LogP contribution in [0.15, 0.2) is 43.0 Å². The van der Waals surface area contributed by atoms with Gasteiger partial charge >= 0.3 is 5.97 Å². The van der Waals surface area contributed by atoms with Gasteiger partial charge in [0.1, 0.15) is 17.2 Å². The van der Waals surface area contributed by atoms with Crippen LogP contribution in [-0.4, -0.2) is 62.0 Å². The Morgan fingerprint density at radius 2 is 1.91 bits per heavy atom. The zero-order valence-electron chi connectivity index (χ0n) is 24.7. The third-order valence-corrected chi connectivity index (χ3v) is 8.80. The number of pyridine rings is 1. The summed E-state index contributed by atoms with van der Waals surface area (Å²) in [5.41, 5.74) is 9.62. The van der Waals surface area contributed by atoms with Gasteiger partial charge in [0.05, 0.1) is 23.0 Å². The SMILES string of the molecule is C=CC(=O)N1CCc2nn(-c3ccc(C4CCC4)cc3OC(C)=O)c3c2C(C1)N(C(=O)c1ccc(C(C)(F)F)nc1N)CC3. The zero-order chi connectivity index (χ0) is 31.3.